The number of nitrogens with zero attached hydrogens (tertiary/aromatic N) is 5. The number of aromatic nitrogens is 1. The molecule has 1 heterocycles. The van der Waals surface area contributed by atoms with Gasteiger partial charge in [-0.1, -0.05) is 6.07 Å². The summed E-state index contributed by atoms with van der Waals surface area (Å²) >= 11 is 0. The molecule has 0 unspecified atom stereocenters. The number of carboxylic acid groups (broad SMARTS) is 2. The Morgan fingerprint density at radius 2 is 0.924 bits per heavy atom. The normalized spacial score (nSPS) is 11.9. The molecular weight excluding hydrogens is 903 g/mol. The number of aromatic hydroxyl groups is 2. The number of rotatable bonds is 12. The van der Waals surface area contributed by atoms with Gasteiger partial charge >= 0.3 is 11.9 Å². The van der Waals surface area contributed by atoms with Crippen LogP contribution in [0.2, 0.25) is 0 Å². The Hall–Kier alpha value is -8.51. The summed E-state index contributed by atoms with van der Waals surface area (Å²) in [5.74, 6) is -5.38. The number of benzene rings is 6. The summed E-state index contributed by atoms with van der Waals surface area (Å²) in [6.45, 7) is 3.08. The maximum absolute atomic E-state index is 13.4. The predicted octanol–water partition coefficient (Wildman–Crippen LogP) is 8.64. The molecule has 6 aromatic carbocycles. The number of aromatic carboxylic acids is 2. The van der Waals surface area contributed by atoms with E-state index in [4.69, 9.17) is 0 Å². The van der Waals surface area contributed by atoms with Gasteiger partial charge in [0.1, 0.15) is 32.6 Å². The van der Waals surface area contributed by atoms with E-state index < -0.39 is 76.7 Å². The Labute approximate surface area is 372 Å². The first-order chi connectivity index (χ1) is 31.1. The second-order valence-corrected chi connectivity index (χ2v) is 17.1. The van der Waals surface area contributed by atoms with E-state index in [-0.39, 0.29) is 66.8 Å². The summed E-state index contributed by atoms with van der Waals surface area (Å²) in [5, 5.41) is 61.5. The molecule has 23 heteroatoms. The van der Waals surface area contributed by atoms with E-state index in [9.17, 15) is 65.5 Å². The van der Waals surface area contributed by atoms with Crippen molar-refractivity contribution < 1.29 is 65.5 Å². The maximum Gasteiger partial charge on any atom is 0.335 e. The zero-order chi connectivity index (χ0) is 47.8. The quantitative estimate of drug-likeness (QED) is 0.0420. The van der Waals surface area contributed by atoms with Crippen LogP contribution in [0.15, 0.2) is 133 Å². The molecule has 0 radical (unpaired) electrons. The maximum atomic E-state index is 13.4. The van der Waals surface area contributed by atoms with Gasteiger partial charge in [-0.2, -0.15) is 27.1 Å². The predicted molar refractivity (Wildman–Crippen MR) is 236 cm³/mol. The first kappa shape index (κ1) is 45.5. The number of amides is 2. The molecule has 21 nitrogen and oxygen atoms in total. The molecule has 0 aliphatic rings. The molecule has 8 N–H and O–H groups in total. The van der Waals surface area contributed by atoms with Gasteiger partial charge in [0.05, 0.1) is 22.5 Å². The summed E-state index contributed by atoms with van der Waals surface area (Å²) in [6, 6.07) is 21.7. The molecule has 7 rings (SSSR count). The SMILES string of the molecule is Cc1cc(C(=O)O)ccc1N=Nc1c(S(=O)(=O)O)cc2cc(NC(=O)c3cccc(C(=O)Nc4ccc5c(O)c(N=Nc6ccc(C(=O)O)cc6C)c(S(=O)(=O)O)cc5c4)n3)ccc2c1O. The van der Waals surface area contributed by atoms with E-state index in [0.717, 1.165) is 12.1 Å². The van der Waals surface area contributed by atoms with Crippen molar-refractivity contribution in [2.24, 2.45) is 20.5 Å². The van der Waals surface area contributed by atoms with E-state index in [1.165, 1.54) is 91.0 Å². The van der Waals surface area contributed by atoms with Crippen molar-refractivity contribution in [3.8, 4) is 11.5 Å². The zero-order valence-electron chi connectivity index (χ0n) is 33.8. The highest BCUT2D eigenvalue weighted by Gasteiger charge is 2.25. The first-order valence-corrected chi connectivity index (χ1v) is 21.6. The number of aryl methyl sites for hydroxylation is 2. The second-order valence-electron chi connectivity index (χ2n) is 14.3. The van der Waals surface area contributed by atoms with Crippen LogP contribution in [0.1, 0.15) is 52.8 Å². The highest BCUT2D eigenvalue weighted by Crippen LogP contribution is 2.44. The lowest BCUT2D eigenvalue weighted by molar-refractivity contribution is 0.0686. The molecule has 0 aliphatic carbocycles. The Bertz CT molecular complexity index is 3310. The summed E-state index contributed by atoms with van der Waals surface area (Å²) in [7, 11) is -10.0. The lowest BCUT2D eigenvalue weighted by atomic mass is 10.1. The van der Waals surface area contributed by atoms with Crippen LogP contribution < -0.4 is 10.6 Å². The molecule has 0 atom stereocenters. The number of phenolic OH excluding ortho intramolecular Hbond substituents is 2. The minimum atomic E-state index is -5.02. The topological polar surface area (TPSA) is 344 Å². The van der Waals surface area contributed by atoms with Crippen LogP contribution >= 0.6 is 0 Å². The van der Waals surface area contributed by atoms with Crippen LogP contribution in [0, 0.1) is 13.8 Å². The zero-order valence-corrected chi connectivity index (χ0v) is 35.4. The van der Waals surface area contributed by atoms with Crippen molar-refractivity contribution in [2.75, 3.05) is 10.6 Å². The van der Waals surface area contributed by atoms with Crippen molar-refractivity contribution in [2.45, 2.75) is 23.6 Å². The number of azo groups is 2. The van der Waals surface area contributed by atoms with Crippen LogP contribution in [0.3, 0.4) is 0 Å². The third-order valence-corrected chi connectivity index (χ3v) is 11.5. The highest BCUT2D eigenvalue weighted by molar-refractivity contribution is 7.86. The third kappa shape index (κ3) is 9.53. The molecule has 66 heavy (non-hydrogen) atoms. The molecule has 1 aromatic heterocycles. The number of phenols is 2. The number of pyridine rings is 1. The smallest absolute Gasteiger partial charge is 0.335 e. The summed E-state index contributed by atoms with van der Waals surface area (Å²) in [4.78, 5) is 51.8. The van der Waals surface area contributed by atoms with Gasteiger partial charge in [0.2, 0.25) is 0 Å². The Kier molecular flexibility index (Phi) is 12.1. The number of carboxylic acids is 2. The van der Waals surface area contributed by atoms with Crippen LogP contribution in [-0.2, 0) is 20.2 Å². The van der Waals surface area contributed by atoms with Gasteiger partial charge in [0.25, 0.3) is 32.1 Å². The number of hydrogen-bond acceptors (Lipinski definition) is 15. The summed E-state index contributed by atoms with van der Waals surface area (Å²) < 4.78 is 69.8. The summed E-state index contributed by atoms with van der Waals surface area (Å²) in [5.41, 5.74) is -0.579. The largest absolute Gasteiger partial charge is 0.505 e. The van der Waals surface area contributed by atoms with Gasteiger partial charge < -0.3 is 31.1 Å². The van der Waals surface area contributed by atoms with Crippen LogP contribution in [-0.4, -0.2) is 75.1 Å². The molecular formula is C43H31N7O14S2. The minimum Gasteiger partial charge on any atom is -0.505 e. The van der Waals surface area contributed by atoms with E-state index in [1.54, 1.807) is 13.8 Å². The highest BCUT2D eigenvalue weighted by atomic mass is 32.2. The van der Waals surface area contributed by atoms with Gasteiger partial charge in [-0.25, -0.2) is 14.6 Å². The molecule has 7 aromatic rings. The fraction of sp³-hybridized carbons (Fsp3) is 0.0465. The van der Waals surface area contributed by atoms with E-state index in [0.29, 0.717) is 11.1 Å². The lowest BCUT2D eigenvalue weighted by Crippen LogP contribution is -2.18. The van der Waals surface area contributed by atoms with Gasteiger partial charge in [0, 0.05) is 22.1 Å². The van der Waals surface area contributed by atoms with Gasteiger partial charge in [0.15, 0.2) is 11.5 Å². The fourth-order valence-electron chi connectivity index (χ4n) is 6.53. The number of anilines is 2. The average molecular weight is 934 g/mol. The van der Waals surface area contributed by atoms with Crippen molar-refractivity contribution in [1.29, 1.82) is 0 Å². The standard InChI is InChI=1S/C43H31N7O14S2/c1-20-14-22(42(55)56)6-12-30(20)47-49-36-34(65(59,60)61)18-24-16-26(8-10-28(24)38(36)51)44-40(53)32-4-3-5-33(46-32)41(54)45-27-9-11-29-25(17-27)19-35(66(62,63)64)37(39(29)52)50-48-31-13-7-23(43(57)58)15-21(31)2/h3-19,51-52H,1-2H3,(H,44,53)(H,45,54)(H,55,56)(H,57,58)(H,59,60,61)(H,62,63,64). The molecule has 0 saturated heterocycles. The van der Waals surface area contributed by atoms with Gasteiger partial charge in [-0.05, 0) is 133 Å². The summed E-state index contributed by atoms with van der Waals surface area (Å²) in [6.07, 6.45) is 0. The number of hydrogen-bond donors (Lipinski definition) is 8. The van der Waals surface area contributed by atoms with Crippen molar-refractivity contribution in [3.63, 3.8) is 0 Å². The van der Waals surface area contributed by atoms with Gasteiger partial charge in [-0.3, -0.25) is 18.7 Å². The molecule has 0 aliphatic heterocycles. The Morgan fingerprint density at radius 1 is 0.530 bits per heavy atom. The number of nitrogens with one attached hydrogen (secondary N) is 2. The number of carbonyl (C=O) groups excluding carboxylic acids is 2. The molecule has 2 amide bonds. The number of carbonyl (C=O) groups is 4. The van der Waals surface area contributed by atoms with Crippen molar-refractivity contribution in [1.82, 2.24) is 4.98 Å². The van der Waals surface area contributed by atoms with Crippen molar-refractivity contribution in [3.05, 3.63) is 137 Å². The Morgan fingerprint density at radius 3 is 1.27 bits per heavy atom. The molecule has 334 valence electrons. The van der Waals surface area contributed by atoms with Crippen LogP contribution in [0.25, 0.3) is 21.5 Å². The molecule has 0 saturated carbocycles. The Balaban J connectivity index is 1.11. The van der Waals surface area contributed by atoms with E-state index >= 15 is 0 Å². The second kappa shape index (κ2) is 17.6. The molecule has 0 fully saturated rings. The van der Waals surface area contributed by atoms with E-state index in [2.05, 4.69) is 36.1 Å². The van der Waals surface area contributed by atoms with Crippen LogP contribution in [0.5, 0.6) is 11.5 Å². The molecule has 0 spiro atoms. The monoisotopic (exact) mass is 933 g/mol. The minimum absolute atomic E-state index is 0.0289. The third-order valence-electron chi connectivity index (χ3n) is 9.79. The average Bonchev–Trinajstić information content (AvgIpc) is 3.25. The fourth-order valence-corrected chi connectivity index (χ4v) is 7.85. The van der Waals surface area contributed by atoms with E-state index in [1.807, 2.05) is 0 Å². The van der Waals surface area contributed by atoms with Crippen molar-refractivity contribution >= 4 is 99.7 Å². The number of fused-ring (bicyclic) bond motifs is 2. The van der Waals surface area contributed by atoms with Gasteiger partial charge in [-0.15, -0.1) is 10.2 Å². The molecule has 0 bridgehead atoms. The first-order valence-electron chi connectivity index (χ1n) is 18.7. The lowest BCUT2D eigenvalue weighted by Gasteiger charge is -2.12. The van der Waals surface area contributed by atoms with Crippen LogP contribution in [0.4, 0.5) is 34.1 Å².